The van der Waals surface area contributed by atoms with Gasteiger partial charge in [-0.15, -0.1) is 0 Å². The van der Waals surface area contributed by atoms with E-state index in [1.165, 1.54) is 6.20 Å². The van der Waals surface area contributed by atoms with Crippen LogP contribution in [0.3, 0.4) is 0 Å². The van der Waals surface area contributed by atoms with Crippen LogP contribution in [0.15, 0.2) is 61.2 Å². The number of pyridine rings is 1. The minimum Gasteiger partial charge on any atom is -0.390 e. The highest BCUT2D eigenvalue weighted by Crippen LogP contribution is 2.32. The van der Waals surface area contributed by atoms with Gasteiger partial charge in [-0.05, 0) is 42.2 Å². The number of ketones is 1. The molecule has 0 aliphatic heterocycles. The number of nitrogens with one attached hydrogen (secondary N) is 1. The normalized spacial score (nSPS) is 23.5. The number of hydrogen-bond donors (Lipinski definition) is 2. The van der Waals surface area contributed by atoms with Crippen LogP contribution in [-0.4, -0.2) is 38.8 Å². The Bertz CT molecular complexity index is 1050. The lowest BCUT2D eigenvalue weighted by atomic mass is 10.1. The maximum atomic E-state index is 14.4. The standard InChI is InChI=1S/C23H23ClFN3O2/c1-14-9-20(21(25)22(14)29)27-19-5-7-26-11-18(19)23(30)16-6-8-28(13-16)12-15-3-2-4-17(24)10-15/h2-8,10-11,13-14,20-22,29H,9,12H2,1H3,(H,26,27)/t14-,20-,21-,22-/m1/s1. The van der Waals surface area contributed by atoms with Crippen LogP contribution >= 0.6 is 11.6 Å². The van der Waals surface area contributed by atoms with Crippen LogP contribution in [0.4, 0.5) is 10.1 Å². The lowest BCUT2D eigenvalue weighted by Crippen LogP contribution is -2.31. The number of nitrogens with zero attached hydrogens (tertiary/aromatic N) is 2. The Morgan fingerprint density at radius 3 is 2.93 bits per heavy atom. The molecule has 0 unspecified atom stereocenters. The number of aliphatic hydroxyl groups is 1. The molecule has 1 aliphatic carbocycles. The number of hydrogen-bond acceptors (Lipinski definition) is 4. The fourth-order valence-electron chi connectivity index (χ4n) is 3.94. The molecule has 0 saturated heterocycles. The number of carbonyl (C=O) groups is 1. The monoisotopic (exact) mass is 427 g/mol. The number of aliphatic hydroxyl groups excluding tert-OH is 1. The van der Waals surface area contributed by atoms with Crippen LogP contribution in [0.25, 0.3) is 0 Å². The summed E-state index contributed by atoms with van der Waals surface area (Å²) in [6, 6.07) is 10.4. The third kappa shape index (κ3) is 4.25. The Morgan fingerprint density at radius 2 is 2.20 bits per heavy atom. The smallest absolute Gasteiger partial charge is 0.198 e. The van der Waals surface area contributed by atoms with E-state index >= 15 is 0 Å². The topological polar surface area (TPSA) is 67.2 Å². The molecule has 0 bridgehead atoms. The molecular formula is C23H23ClFN3O2. The summed E-state index contributed by atoms with van der Waals surface area (Å²) in [5, 5.41) is 13.7. The van der Waals surface area contributed by atoms with Crippen LogP contribution in [0.2, 0.25) is 5.02 Å². The largest absolute Gasteiger partial charge is 0.390 e. The van der Waals surface area contributed by atoms with Gasteiger partial charge in [0.1, 0.15) is 6.17 Å². The fourth-order valence-corrected chi connectivity index (χ4v) is 4.15. The summed E-state index contributed by atoms with van der Waals surface area (Å²) in [5.41, 5.74) is 2.44. The predicted octanol–water partition coefficient (Wildman–Crippen LogP) is 4.34. The molecule has 2 aromatic heterocycles. The third-order valence-electron chi connectivity index (χ3n) is 5.59. The highest BCUT2D eigenvalue weighted by Gasteiger charge is 2.40. The number of carbonyl (C=O) groups excluding carboxylic acids is 1. The van der Waals surface area contributed by atoms with E-state index in [9.17, 15) is 14.3 Å². The molecule has 156 valence electrons. The van der Waals surface area contributed by atoms with Crippen LogP contribution in [0.1, 0.15) is 34.8 Å². The van der Waals surface area contributed by atoms with Crippen molar-refractivity contribution in [1.82, 2.24) is 9.55 Å². The van der Waals surface area contributed by atoms with Crippen molar-refractivity contribution >= 4 is 23.1 Å². The lowest BCUT2D eigenvalue weighted by Gasteiger charge is -2.19. The van der Waals surface area contributed by atoms with Gasteiger partial charge in [0.25, 0.3) is 0 Å². The molecule has 4 rings (SSSR count). The van der Waals surface area contributed by atoms with E-state index in [0.717, 1.165) is 5.56 Å². The van der Waals surface area contributed by atoms with Crippen molar-refractivity contribution in [3.05, 3.63) is 82.9 Å². The van der Waals surface area contributed by atoms with Crippen molar-refractivity contribution in [2.75, 3.05) is 5.32 Å². The van der Waals surface area contributed by atoms with E-state index < -0.39 is 18.3 Å². The van der Waals surface area contributed by atoms with Gasteiger partial charge in [0, 0.05) is 47.6 Å². The molecule has 0 radical (unpaired) electrons. The zero-order valence-corrected chi connectivity index (χ0v) is 17.3. The van der Waals surface area contributed by atoms with E-state index in [0.29, 0.717) is 34.8 Å². The SMILES string of the molecule is C[C@@H]1C[C@@H](Nc2ccncc2C(=O)c2ccn(Cc3cccc(Cl)c3)c2)[C@@H](F)[C@@H]1O. The molecule has 3 aromatic rings. The Labute approximate surface area is 179 Å². The van der Waals surface area contributed by atoms with Gasteiger partial charge < -0.3 is 15.0 Å². The number of halogens is 2. The molecule has 2 heterocycles. The highest BCUT2D eigenvalue weighted by atomic mass is 35.5. The highest BCUT2D eigenvalue weighted by molar-refractivity contribution is 6.30. The zero-order chi connectivity index (χ0) is 21.3. The fraction of sp³-hybridized carbons (Fsp3) is 0.304. The molecule has 1 aliphatic rings. The number of rotatable bonds is 6. The van der Waals surface area contributed by atoms with Gasteiger partial charge in [-0.2, -0.15) is 0 Å². The van der Waals surface area contributed by atoms with Crippen molar-refractivity contribution in [3.8, 4) is 0 Å². The molecule has 1 fully saturated rings. The second-order valence-electron chi connectivity index (χ2n) is 7.85. The summed E-state index contributed by atoms with van der Waals surface area (Å²) in [6.07, 6.45) is 4.78. The number of alkyl halides is 1. The maximum Gasteiger partial charge on any atom is 0.198 e. The molecule has 1 aromatic carbocycles. The molecule has 30 heavy (non-hydrogen) atoms. The second-order valence-corrected chi connectivity index (χ2v) is 8.29. The first-order valence-electron chi connectivity index (χ1n) is 9.90. The predicted molar refractivity (Wildman–Crippen MR) is 115 cm³/mol. The van der Waals surface area contributed by atoms with E-state index in [-0.39, 0.29) is 11.7 Å². The Balaban J connectivity index is 1.52. The summed E-state index contributed by atoms with van der Waals surface area (Å²) >= 11 is 6.04. The second kappa shape index (κ2) is 8.58. The van der Waals surface area contributed by atoms with Crippen LogP contribution in [0.5, 0.6) is 0 Å². The number of aromatic nitrogens is 2. The van der Waals surface area contributed by atoms with Crippen molar-refractivity contribution in [1.29, 1.82) is 0 Å². The first-order valence-corrected chi connectivity index (χ1v) is 10.3. The minimum atomic E-state index is -1.38. The van der Waals surface area contributed by atoms with E-state index in [2.05, 4.69) is 10.3 Å². The molecule has 2 N–H and O–H groups in total. The van der Waals surface area contributed by atoms with Gasteiger partial charge in [-0.1, -0.05) is 30.7 Å². The average Bonchev–Trinajstić information content (AvgIpc) is 3.29. The van der Waals surface area contributed by atoms with Gasteiger partial charge in [-0.3, -0.25) is 9.78 Å². The first kappa shape index (κ1) is 20.6. The zero-order valence-electron chi connectivity index (χ0n) is 16.5. The van der Waals surface area contributed by atoms with Gasteiger partial charge in [0.05, 0.1) is 17.7 Å². The summed E-state index contributed by atoms with van der Waals surface area (Å²) in [7, 11) is 0. The summed E-state index contributed by atoms with van der Waals surface area (Å²) in [6.45, 7) is 2.41. The van der Waals surface area contributed by atoms with Gasteiger partial charge in [0.2, 0.25) is 0 Å². The lowest BCUT2D eigenvalue weighted by molar-refractivity contribution is 0.0725. The molecule has 0 spiro atoms. The van der Waals surface area contributed by atoms with Gasteiger partial charge >= 0.3 is 0 Å². The van der Waals surface area contributed by atoms with Crippen molar-refractivity contribution in [3.63, 3.8) is 0 Å². The quantitative estimate of drug-likeness (QED) is 0.574. The van der Waals surface area contributed by atoms with Crippen LogP contribution < -0.4 is 5.32 Å². The maximum absolute atomic E-state index is 14.4. The van der Waals surface area contributed by atoms with Crippen molar-refractivity contribution in [2.24, 2.45) is 5.92 Å². The number of anilines is 1. The van der Waals surface area contributed by atoms with Gasteiger partial charge in [-0.25, -0.2) is 4.39 Å². The number of benzene rings is 1. The van der Waals surface area contributed by atoms with Crippen LogP contribution in [-0.2, 0) is 6.54 Å². The summed E-state index contributed by atoms with van der Waals surface area (Å²) in [5.74, 6) is -0.337. The van der Waals surface area contributed by atoms with Gasteiger partial charge in [0.15, 0.2) is 5.78 Å². The van der Waals surface area contributed by atoms with Crippen LogP contribution in [0, 0.1) is 5.92 Å². The van der Waals surface area contributed by atoms with E-state index in [1.54, 1.807) is 24.5 Å². The molecule has 0 amide bonds. The van der Waals surface area contributed by atoms with E-state index in [1.807, 2.05) is 42.0 Å². The molecule has 7 heteroatoms. The third-order valence-corrected chi connectivity index (χ3v) is 5.83. The Kier molecular flexibility index (Phi) is 5.88. The average molecular weight is 428 g/mol. The molecule has 5 nitrogen and oxygen atoms in total. The van der Waals surface area contributed by atoms with E-state index in [4.69, 9.17) is 11.6 Å². The minimum absolute atomic E-state index is 0.140. The molecular weight excluding hydrogens is 405 g/mol. The summed E-state index contributed by atoms with van der Waals surface area (Å²) < 4.78 is 16.3. The van der Waals surface area contributed by atoms with Crippen molar-refractivity contribution in [2.45, 2.75) is 38.2 Å². The summed E-state index contributed by atoms with van der Waals surface area (Å²) in [4.78, 5) is 17.2. The Morgan fingerprint density at radius 1 is 1.37 bits per heavy atom. The molecule has 4 atom stereocenters. The molecule has 1 saturated carbocycles. The van der Waals surface area contributed by atoms with Crippen molar-refractivity contribution < 1.29 is 14.3 Å². The first-order chi connectivity index (χ1) is 14.4. The Hall–Kier alpha value is -2.70.